The van der Waals surface area contributed by atoms with Crippen molar-refractivity contribution in [3.05, 3.63) is 29.3 Å². The van der Waals surface area contributed by atoms with E-state index in [2.05, 4.69) is 49.9 Å². The van der Waals surface area contributed by atoms with Gasteiger partial charge in [-0.05, 0) is 42.4 Å². The monoisotopic (exact) mass is 242 g/mol. The van der Waals surface area contributed by atoms with E-state index in [0.717, 1.165) is 25.1 Å². The topological polar surface area (TPSA) is 27.0 Å². The maximum absolute atomic E-state index is 9.38. The Morgan fingerprint density at radius 1 is 1.28 bits per heavy atom. The van der Waals surface area contributed by atoms with Crippen LogP contribution >= 0.6 is 0 Å². The minimum atomic E-state index is 0.0780. The standard InChI is InChI=1S/C16H22N2/c1-4-16(2,3)15-8-7-14(11-13(15)12-17)18-9-5-6-10-18/h7-8,11H,4-6,9-10H2,1-3H3. The van der Waals surface area contributed by atoms with Gasteiger partial charge in [0, 0.05) is 18.8 Å². The van der Waals surface area contributed by atoms with E-state index in [-0.39, 0.29) is 5.41 Å². The Bertz CT molecular complexity index is 462. The Hall–Kier alpha value is -1.49. The van der Waals surface area contributed by atoms with Crippen LogP contribution in [0.25, 0.3) is 0 Å². The second kappa shape index (κ2) is 5.02. The SMILES string of the molecule is CCC(C)(C)c1ccc(N2CCCC2)cc1C#N. The zero-order valence-electron chi connectivity index (χ0n) is 11.7. The number of anilines is 1. The van der Waals surface area contributed by atoms with Gasteiger partial charge in [-0.15, -0.1) is 0 Å². The molecular weight excluding hydrogens is 220 g/mol. The van der Waals surface area contributed by atoms with Crippen LogP contribution in [0.15, 0.2) is 18.2 Å². The van der Waals surface area contributed by atoms with Crippen molar-refractivity contribution in [2.75, 3.05) is 18.0 Å². The van der Waals surface area contributed by atoms with Gasteiger partial charge in [0.1, 0.15) is 0 Å². The zero-order chi connectivity index (χ0) is 13.2. The van der Waals surface area contributed by atoms with Crippen LogP contribution in [0.2, 0.25) is 0 Å². The smallest absolute Gasteiger partial charge is 0.0995 e. The Balaban J connectivity index is 2.37. The highest BCUT2D eigenvalue weighted by Gasteiger charge is 2.23. The highest BCUT2D eigenvalue weighted by Crippen LogP contribution is 2.32. The zero-order valence-corrected chi connectivity index (χ0v) is 11.7. The van der Waals surface area contributed by atoms with Crippen molar-refractivity contribution >= 4 is 5.69 Å². The van der Waals surface area contributed by atoms with E-state index in [1.807, 2.05) is 0 Å². The molecule has 2 heteroatoms. The molecule has 0 unspecified atom stereocenters. The van der Waals surface area contributed by atoms with E-state index in [1.54, 1.807) is 0 Å². The summed E-state index contributed by atoms with van der Waals surface area (Å²) < 4.78 is 0. The van der Waals surface area contributed by atoms with Gasteiger partial charge in [0.05, 0.1) is 11.6 Å². The molecule has 1 aromatic carbocycles. The maximum atomic E-state index is 9.38. The van der Waals surface area contributed by atoms with Gasteiger partial charge in [0.15, 0.2) is 0 Å². The van der Waals surface area contributed by atoms with Crippen molar-refractivity contribution in [2.45, 2.75) is 45.4 Å². The van der Waals surface area contributed by atoms with Gasteiger partial charge in [0.2, 0.25) is 0 Å². The van der Waals surface area contributed by atoms with E-state index in [4.69, 9.17) is 0 Å². The van der Waals surface area contributed by atoms with Crippen LogP contribution in [-0.2, 0) is 5.41 Å². The number of rotatable bonds is 3. The van der Waals surface area contributed by atoms with Gasteiger partial charge in [-0.3, -0.25) is 0 Å². The third-order valence-electron chi connectivity index (χ3n) is 4.21. The lowest BCUT2D eigenvalue weighted by molar-refractivity contribution is 0.505. The third kappa shape index (κ3) is 2.36. The summed E-state index contributed by atoms with van der Waals surface area (Å²) in [5.41, 5.74) is 3.30. The molecule has 1 aromatic rings. The Kier molecular flexibility index (Phi) is 3.61. The summed E-state index contributed by atoms with van der Waals surface area (Å²) >= 11 is 0. The van der Waals surface area contributed by atoms with E-state index >= 15 is 0 Å². The maximum Gasteiger partial charge on any atom is 0.0995 e. The number of hydrogen-bond acceptors (Lipinski definition) is 2. The van der Waals surface area contributed by atoms with Crippen LogP contribution in [0.1, 0.15) is 51.2 Å². The fourth-order valence-electron chi connectivity index (χ4n) is 2.58. The van der Waals surface area contributed by atoms with Gasteiger partial charge in [-0.1, -0.05) is 26.8 Å². The van der Waals surface area contributed by atoms with Gasteiger partial charge in [-0.2, -0.15) is 5.26 Å². The summed E-state index contributed by atoms with van der Waals surface area (Å²) in [6.45, 7) is 8.84. The molecule has 0 saturated carbocycles. The average molecular weight is 242 g/mol. The minimum absolute atomic E-state index is 0.0780. The van der Waals surface area contributed by atoms with Crippen LogP contribution < -0.4 is 4.90 Å². The molecule has 1 saturated heterocycles. The Morgan fingerprint density at radius 3 is 2.50 bits per heavy atom. The lowest BCUT2D eigenvalue weighted by Crippen LogP contribution is -2.20. The predicted octanol–water partition coefficient (Wildman–Crippen LogP) is 3.85. The molecule has 0 spiro atoms. The highest BCUT2D eigenvalue weighted by atomic mass is 15.1. The van der Waals surface area contributed by atoms with Crippen molar-refractivity contribution in [3.8, 4) is 6.07 Å². The van der Waals surface area contributed by atoms with E-state index < -0.39 is 0 Å². The molecule has 0 amide bonds. The summed E-state index contributed by atoms with van der Waals surface area (Å²) in [6.07, 6.45) is 3.58. The quantitative estimate of drug-likeness (QED) is 0.805. The molecular formula is C16H22N2. The largest absolute Gasteiger partial charge is 0.371 e. The fourth-order valence-corrected chi connectivity index (χ4v) is 2.58. The first kappa shape index (κ1) is 13.0. The van der Waals surface area contributed by atoms with Crippen LogP contribution in [0.3, 0.4) is 0 Å². The van der Waals surface area contributed by atoms with Crippen molar-refractivity contribution < 1.29 is 0 Å². The minimum Gasteiger partial charge on any atom is -0.371 e. The normalized spacial score (nSPS) is 15.8. The number of hydrogen-bond donors (Lipinski definition) is 0. The van der Waals surface area contributed by atoms with Crippen molar-refractivity contribution in [3.63, 3.8) is 0 Å². The van der Waals surface area contributed by atoms with Crippen molar-refractivity contribution in [1.29, 1.82) is 5.26 Å². The molecule has 0 bridgehead atoms. The first-order valence-electron chi connectivity index (χ1n) is 6.88. The molecule has 2 rings (SSSR count). The van der Waals surface area contributed by atoms with Gasteiger partial charge < -0.3 is 4.90 Å². The molecule has 0 aromatic heterocycles. The van der Waals surface area contributed by atoms with Crippen LogP contribution in [-0.4, -0.2) is 13.1 Å². The second-order valence-electron chi connectivity index (χ2n) is 5.77. The number of nitrogens with zero attached hydrogens (tertiary/aromatic N) is 2. The fraction of sp³-hybridized carbons (Fsp3) is 0.562. The van der Waals surface area contributed by atoms with Crippen LogP contribution in [0, 0.1) is 11.3 Å². The summed E-state index contributed by atoms with van der Waals surface area (Å²) in [5.74, 6) is 0. The highest BCUT2D eigenvalue weighted by molar-refractivity contribution is 5.56. The molecule has 0 atom stereocenters. The molecule has 1 heterocycles. The van der Waals surface area contributed by atoms with Crippen LogP contribution in [0.4, 0.5) is 5.69 Å². The summed E-state index contributed by atoms with van der Waals surface area (Å²) in [6, 6.07) is 8.77. The summed E-state index contributed by atoms with van der Waals surface area (Å²) in [4.78, 5) is 2.38. The van der Waals surface area contributed by atoms with E-state index in [1.165, 1.54) is 24.1 Å². The lowest BCUT2D eigenvalue weighted by Gasteiger charge is -2.26. The number of benzene rings is 1. The third-order valence-corrected chi connectivity index (χ3v) is 4.21. The Labute approximate surface area is 110 Å². The Morgan fingerprint density at radius 2 is 1.94 bits per heavy atom. The first-order chi connectivity index (χ1) is 8.58. The molecule has 0 aliphatic carbocycles. The van der Waals surface area contributed by atoms with Crippen LogP contribution in [0.5, 0.6) is 0 Å². The van der Waals surface area contributed by atoms with Gasteiger partial charge in [0.25, 0.3) is 0 Å². The molecule has 2 nitrogen and oxygen atoms in total. The number of nitriles is 1. The molecule has 1 aliphatic heterocycles. The first-order valence-corrected chi connectivity index (χ1v) is 6.88. The molecule has 1 fully saturated rings. The molecule has 18 heavy (non-hydrogen) atoms. The van der Waals surface area contributed by atoms with Gasteiger partial charge in [-0.25, -0.2) is 0 Å². The van der Waals surface area contributed by atoms with Gasteiger partial charge >= 0.3 is 0 Å². The molecule has 0 N–H and O–H groups in total. The lowest BCUT2D eigenvalue weighted by atomic mass is 9.80. The van der Waals surface area contributed by atoms with Crippen molar-refractivity contribution in [1.82, 2.24) is 0 Å². The predicted molar refractivity (Wildman–Crippen MR) is 75.9 cm³/mol. The average Bonchev–Trinajstić information content (AvgIpc) is 2.91. The second-order valence-corrected chi connectivity index (χ2v) is 5.77. The molecule has 1 aliphatic rings. The summed E-state index contributed by atoms with van der Waals surface area (Å²) in [7, 11) is 0. The van der Waals surface area contributed by atoms with E-state index in [9.17, 15) is 5.26 Å². The summed E-state index contributed by atoms with van der Waals surface area (Å²) in [5, 5.41) is 9.38. The van der Waals surface area contributed by atoms with E-state index in [0.29, 0.717) is 0 Å². The van der Waals surface area contributed by atoms with Crippen molar-refractivity contribution in [2.24, 2.45) is 0 Å². The molecule has 0 radical (unpaired) electrons. The molecule has 96 valence electrons.